The van der Waals surface area contributed by atoms with Crippen molar-refractivity contribution in [3.63, 3.8) is 0 Å². The van der Waals surface area contributed by atoms with Gasteiger partial charge in [-0.15, -0.1) is 0 Å². The average Bonchev–Trinajstić information content (AvgIpc) is 2.38. The average molecular weight is 249 g/mol. The predicted molar refractivity (Wildman–Crippen MR) is 70.0 cm³/mol. The zero-order valence-corrected chi connectivity index (χ0v) is 10.6. The second kappa shape index (κ2) is 5.20. The van der Waals surface area contributed by atoms with Crippen molar-refractivity contribution in [2.45, 2.75) is 26.2 Å². The molecule has 1 aliphatic rings. The van der Waals surface area contributed by atoms with Crippen LogP contribution in [0, 0.1) is 5.92 Å². The van der Waals surface area contributed by atoms with Gasteiger partial charge in [0.25, 0.3) is 0 Å². The molecule has 1 fully saturated rings. The van der Waals surface area contributed by atoms with Gasteiger partial charge in [-0.05, 0) is 19.3 Å². The summed E-state index contributed by atoms with van der Waals surface area (Å²) >= 11 is 0. The van der Waals surface area contributed by atoms with E-state index in [0.29, 0.717) is 5.82 Å². The molecule has 6 heteroatoms. The van der Waals surface area contributed by atoms with E-state index in [-0.39, 0.29) is 11.8 Å². The van der Waals surface area contributed by atoms with Crippen LogP contribution in [0.25, 0.3) is 0 Å². The van der Waals surface area contributed by atoms with Gasteiger partial charge in [0.05, 0.1) is 0 Å². The number of nitrogens with two attached hydrogens (primary N) is 2. The lowest BCUT2D eigenvalue weighted by molar-refractivity contribution is -0.122. The molecule has 18 heavy (non-hydrogen) atoms. The molecule has 0 atom stereocenters. The second-order valence-electron chi connectivity index (χ2n) is 4.58. The maximum absolute atomic E-state index is 11.1. The molecule has 2 heterocycles. The number of carbonyl (C=O) groups is 1. The van der Waals surface area contributed by atoms with Gasteiger partial charge in [0.15, 0.2) is 0 Å². The fourth-order valence-corrected chi connectivity index (χ4v) is 2.40. The van der Waals surface area contributed by atoms with Gasteiger partial charge in [0.2, 0.25) is 5.91 Å². The van der Waals surface area contributed by atoms with E-state index in [1.54, 1.807) is 0 Å². The zero-order valence-electron chi connectivity index (χ0n) is 10.6. The Morgan fingerprint density at radius 3 is 2.67 bits per heavy atom. The molecule has 1 aliphatic heterocycles. The third kappa shape index (κ3) is 2.37. The van der Waals surface area contributed by atoms with Crippen LogP contribution < -0.4 is 16.4 Å². The highest BCUT2D eigenvalue weighted by Crippen LogP contribution is 2.26. The third-order valence-electron chi connectivity index (χ3n) is 3.51. The molecular weight excluding hydrogens is 230 g/mol. The predicted octanol–water partition coefficient (Wildman–Crippen LogP) is 0.323. The SMILES string of the molecule is CCc1c(N)ncnc1N1CCC(C(N)=O)CC1. The van der Waals surface area contributed by atoms with Crippen LogP contribution in [0.1, 0.15) is 25.3 Å². The van der Waals surface area contributed by atoms with Crippen LogP contribution in [0.4, 0.5) is 11.6 Å². The van der Waals surface area contributed by atoms with E-state index >= 15 is 0 Å². The molecule has 0 spiro atoms. The lowest BCUT2D eigenvalue weighted by atomic mass is 9.96. The second-order valence-corrected chi connectivity index (χ2v) is 4.58. The van der Waals surface area contributed by atoms with Crippen molar-refractivity contribution in [1.82, 2.24) is 9.97 Å². The number of piperidine rings is 1. The van der Waals surface area contributed by atoms with E-state index in [9.17, 15) is 4.79 Å². The summed E-state index contributed by atoms with van der Waals surface area (Å²) in [6.45, 7) is 3.61. The van der Waals surface area contributed by atoms with Gasteiger partial charge in [0, 0.05) is 24.6 Å². The summed E-state index contributed by atoms with van der Waals surface area (Å²) in [4.78, 5) is 21.6. The number of anilines is 2. The molecule has 0 bridgehead atoms. The van der Waals surface area contributed by atoms with Crippen LogP contribution in [-0.4, -0.2) is 29.0 Å². The van der Waals surface area contributed by atoms with Crippen LogP contribution >= 0.6 is 0 Å². The molecule has 1 amide bonds. The standard InChI is InChI=1S/C12H19N5O/c1-2-9-10(13)15-7-16-12(9)17-5-3-8(4-6-17)11(14)18/h7-8H,2-6H2,1H3,(H2,14,18)(H2,13,15,16). The zero-order chi connectivity index (χ0) is 13.1. The highest BCUT2D eigenvalue weighted by atomic mass is 16.1. The van der Waals surface area contributed by atoms with E-state index in [4.69, 9.17) is 11.5 Å². The first-order valence-electron chi connectivity index (χ1n) is 6.27. The Balaban J connectivity index is 2.14. The van der Waals surface area contributed by atoms with Gasteiger partial charge >= 0.3 is 0 Å². The first-order valence-corrected chi connectivity index (χ1v) is 6.27. The summed E-state index contributed by atoms with van der Waals surface area (Å²) in [5, 5.41) is 0. The van der Waals surface area contributed by atoms with E-state index in [1.165, 1.54) is 6.33 Å². The summed E-state index contributed by atoms with van der Waals surface area (Å²) in [7, 11) is 0. The molecule has 0 radical (unpaired) electrons. The number of carbonyl (C=O) groups excluding carboxylic acids is 1. The van der Waals surface area contributed by atoms with Crippen molar-refractivity contribution in [1.29, 1.82) is 0 Å². The van der Waals surface area contributed by atoms with E-state index in [0.717, 1.165) is 43.7 Å². The molecule has 98 valence electrons. The van der Waals surface area contributed by atoms with Gasteiger partial charge < -0.3 is 16.4 Å². The quantitative estimate of drug-likeness (QED) is 0.804. The Hall–Kier alpha value is -1.85. The van der Waals surface area contributed by atoms with Crippen molar-refractivity contribution in [3.05, 3.63) is 11.9 Å². The van der Waals surface area contributed by atoms with E-state index in [2.05, 4.69) is 14.9 Å². The lowest BCUT2D eigenvalue weighted by Crippen LogP contribution is -2.39. The maximum atomic E-state index is 11.1. The Morgan fingerprint density at radius 1 is 1.44 bits per heavy atom. The fourth-order valence-electron chi connectivity index (χ4n) is 2.40. The summed E-state index contributed by atoms with van der Waals surface area (Å²) in [5.74, 6) is 1.23. The fraction of sp³-hybridized carbons (Fsp3) is 0.583. The monoisotopic (exact) mass is 249 g/mol. The van der Waals surface area contributed by atoms with Crippen molar-refractivity contribution < 1.29 is 4.79 Å². The first kappa shape index (κ1) is 12.6. The summed E-state index contributed by atoms with van der Waals surface area (Å²) in [6, 6.07) is 0. The molecule has 0 saturated carbocycles. The van der Waals surface area contributed by atoms with Crippen LogP contribution in [0.15, 0.2) is 6.33 Å². The van der Waals surface area contributed by atoms with Crippen molar-refractivity contribution in [3.8, 4) is 0 Å². The van der Waals surface area contributed by atoms with Gasteiger partial charge in [-0.1, -0.05) is 6.92 Å². The third-order valence-corrected chi connectivity index (χ3v) is 3.51. The Kier molecular flexibility index (Phi) is 3.64. The van der Waals surface area contributed by atoms with E-state index < -0.39 is 0 Å². The smallest absolute Gasteiger partial charge is 0.220 e. The molecule has 6 nitrogen and oxygen atoms in total. The summed E-state index contributed by atoms with van der Waals surface area (Å²) in [6.07, 6.45) is 3.85. The number of nitrogens with zero attached hydrogens (tertiary/aromatic N) is 3. The van der Waals surface area contributed by atoms with Gasteiger partial charge in [0.1, 0.15) is 18.0 Å². The number of hydrogen-bond donors (Lipinski definition) is 2. The number of amides is 1. The van der Waals surface area contributed by atoms with Crippen LogP contribution in [-0.2, 0) is 11.2 Å². The van der Waals surface area contributed by atoms with E-state index in [1.807, 2.05) is 6.92 Å². The molecular formula is C12H19N5O. The Bertz CT molecular complexity index is 440. The number of rotatable bonds is 3. The minimum absolute atomic E-state index is 0.00879. The molecule has 2 rings (SSSR count). The van der Waals surface area contributed by atoms with Gasteiger partial charge in [-0.25, -0.2) is 9.97 Å². The van der Waals surface area contributed by atoms with Crippen LogP contribution in [0.2, 0.25) is 0 Å². The number of hydrogen-bond acceptors (Lipinski definition) is 5. The summed E-state index contributed by atoms with van der Waals surface area (Å²) in [5.41, 5.74) is 12.2. The highest BCUT2D eigenvalue weighted by Gasteiger charge is 2.25. The van der Waals surface area contributed by atoms with Gasteiger partial charge in [-0.3, -0.25) is 4.79 Å². The minimum Gasteiger partial charge on any atom is -0.383 e. The molecule has 1 saturated heterocycles. The maximum Gasteiger partial charge on any atom is 0.220 e. The Labute approximate surface area is 106 Å². The van der Waals surface area contributed by atoms with Crippen molar-refractivity contribution in [2.24, 2.45) is 11.7 Å². The lowest BCUT2D eigenvalue weighted by Gasteiger charge is -2.32. The molecule has 0 unspecified atom stereocenters. The largest absolute Gasteiger partial charge is 0.383 e. The highest BCUT2D eigenvalue weighted by molar-refractivity contribution is 5.77. The topological polar surface area (TPSA) is 98.1 Å². The number of nitrogen functional groups attached to an aromatic ring is 1. The minimum atomic E-state index is -0.201. The van der Waals surface area contributed by atoms with Crippen molar-refractivity contribution in [2.75, 3.05) is 23.7 Å². The molecule has 0 aliphatic carbocycles. The molecule has 4 N–H and O–H groups in total. The molecule has 0 aromatic carbocycles. The summed E-state index contributed by atoms with van der Waals surface area (Å²) < 4.78 is 0. The molecule has 1 aromatic rings. The first-order chi connectivity index (χ1) is 8.63. The normalized spacial score (nSPS) is 16.8. The van der Waals surface area contributed by atoms with Crippen LogP contribution in [0.3, 0.4) is 0 Å². The Morgan fingerprint density at radius 2 is 2.11 bits per heavy atom. The van der Waals surface area contributed by atoms with Crippen LogP contribution in [0.5, 0.6) is 0 Å². The number of primary amides is 1. The van der Waals surface area contributed by atoms with Crippen molar-refractivity contribution >= 4 is 17.5 Å². The molecule has 1 aromatic heterocycles. The van der Waals surface area contributed by atoms with Gasteiger partial charge in [-0.2, -0.15) is 0 Å². The number of aromatic nitrogens is 2.